The smallest absolute Gasteiger partial charge is 0.347 e. The molecule has 0 aromatic heterocycles. The number of amides is 1. The van der Waals surface area contributed by atoms with Crippen LogP contribution in [0.3, 0.4) is 0 Å². The van der Waals surface area contributed by atoms with Gasteiger partial charge in [-0.2, -0.15) is 11.8 Å². The van der Waals surface area contributed by atoms with Crippen molar-refractivity contribution in [2.75, 3.05) is 11.5 Å². The van der Waals surface area contributed by atoms with Crippen molar-refractivity contribution in [1.29, 1.82) is 0 Å². The Labute approximate surface area is 106 Å². The third kappa shape index (κ3) is 9.67. The molecule has 3 N–H and O–H groups in total. The van der Waals surface area contributed by atoms with Gasteiger partial charge in [0.05, 0.1) is 5.75 Å². The molecule has 0 saturated heterocycles. The zero-order valence-electron chi connectivity index (χ0n) is 9.88. The van der Waals surface area contributed by atoms with Crippen LogP contribution >= 0.6 is 19.4 Å². The molecule has 0 fully saturated rings. The van der Waals surface area contributed by atoms with E-state index in [9.17, 15) is 13.8 Å². The zero-order valence-corrected chi connectivity index (χ0v) is 12.6. The molecule has 100 valence electrons. The van der Waals surface area contributed by atoms with E-state index in [0.717, 1.165) is 12.2 Å². The number of rotatable bonds is 8. The van der Waals surface area contributed by atoms with Crippen LogP contribution < -0.4 is 5.32 Å². The summed E-state index contributed by atoms with van der Waals surface area (Å²) in [4.78, 5) is 28.8. The van der Waals surface area contributed by atoms with Crippen molar-refractivity contribution in [3.8, 4) is 0 Å². The van der Waals surface area contributed by atoms with Crippen molar-refractivity contribution in [2.24, 2.45) is 0 Å². The molecular weight excluding hydrogens is 281 g/mol. The average molecular weight is 299 g/mol. The van der Waals surface area contributed by atoms with E-state index in [1.807, 2.05) is 0 Å². The summed E-state index contributed by atoms with van der Waals surface area (Å²) in [6, 6.07) is 0.679. The highest BCUT2D eigenvalue weighted by Crippen LogP contribution is 2.38. The molecule has 0 saturated carbocycles. The molecule has 0 aliphatic heterocycles. The monoisotopic (exact) mass is 299 g/mol. The quantitative estimate of drug-likeness (QED) is 0.348. The van der Waals surface area contributed by atoms with E-state index in [2.05, 4.69) is 5.32 Å². The van der Waals surface area contributed by atoms with Gasteiger partial charge in [-0.05, 0) is 31.7 Å². The van der Waals surface area contributed by atoms with Crippen molar-refractivity contribution in [1.82, 2.24) is 5.32 Å². The third-order valence-electron chi connectivity index (χ3n) is 1.93. The Balaban J connectivity index is 3.67. The van der Waals surface area contributed by atoms with Gasteiger partial charge >= 0.3 is 7.60 Å². The summed E-state index contributed by atoms with van der Waals surface area (Å²) in [5, 5.41) is 2.24. The first-order valence-electron chi connectivity index (χ1n) is 5.15. The second kappa shape index (κ2) is 8.15. The van der Waals surface area contributed by atoms with Crippen LogP contribution in [0.5, 0.6) is 0 Å². The van der Waals surface area contributed by atoms with Crippen molar-refractivity contribution in [3.63, 3.8) is 0 Å². The van der Waals surface area contributed by atoms with Crippen molar-refractivity contribution in [2.45, 2.75) is 31.7 Å². The topological polar surface area (TPSA) is 104 Å². The molecule has 1 unspecified atom stereocenters. The summed E-state index contributed by atoms with van der Waals surface area (Å²) in [6.07, 6.45) is 0.792. The van der Waals surface area contributed by atoms with Crippen molar-refractivity contribution >= 4 is 33.9 Å². The predicted molar refractivity (Wildman–Crippen MR) is 68.7 cm³/mol. The summed E-state index contributed by atoms with van der Waals surface area (Å²) in [5.41, 5.74) is 0. The van der Waals surface area contributed by atoms with Gasteiger partial charge in [0.25, 0.3) is 8.68 Å². The van der Waals surface area contributed by atoms with Gasteiger partial charge in [-0.3, -0.25) is 9.36 Å². The van der Waals surface area contributed by atoms with E-state index >= 15 is 0 Å². The van der Waals surface area contributed by atoms with Gasteiger partial charge in [0, 0.05) is 0 Å². The number of carbonyl (C=O) groups excluding carboxylic acids is 1. The highest BCUT2D eigenvalue weighted by atomic mass is 32.2. The Morgan fingerprint density at radius 1 is 1.53 bits per heavy atom. The number of nitrogens with one attached hydrogen (secondary N) is 1. The van der Waals surface area contributed by atoms with Gasteiger partial charge in [0.1, 0.15) is 5.78 Å². The first-order valence-corrected chi connectivity index (χ1v) is 10.1. The molecule has 9 heteroatoms. The van der Waals surface area contributed by atoms with Gasteiger partial charge in [-0.1, -0.05) is 0 Å². The van der Waals surface area contributed by atoms with Crippen LogP contribution in [-0.2, 0) is 13.8 Å². The standard InChI is InChI=1S/C8H18NO5PSSi/c1-7(15(11,12)13)9-8(10)6-16-4-3-5-17(2)14/h7H,3-6H2,1-2H3,(H,9,10)(H2,11,12,13). The predicted octanol–water partition coefficient (Wildman–Crippen LogP) is 0.801. The fourth-order valence-corrected chi connectivity index (χ4v) is 2.95. The minimum Gasteiger partial charge on any atom is -0.389 e. The highest BCUT2D eigenvalue weighted by molar-refractivity contribution is 7.99. The number of thioether (sulfide) groups is 1. The second-order valence-corrected chi connectivity index (χ2v) is 8.65. The van der Waals surface area contributed by atoms with Gasteiger partial charge < -0.3 is 19.6 Å². The second-order valence-electron chi connectivity index (χ2n) is 3.69. The van der Waals surface area contributed by atoms with Crippen LogP contribution in [0.2, 0.25) is 12.6 Å². The molecule has 0 aliphatic carbocycles. The molecule has 0 aromatic rings. The lowest BCUT2D eigenvalue weighted by Gasteiger charge is -2.14. The first-order chi connectivity index (χ1) is 7.73. The summed E-state index contributed by atoms with van der Waals surface area (Å²) in [6.45, 7) is 2.97. The molecule has 1 atom stereocenters. The molecule has 17 heavy (non-hydrogen) atoms. The van der Waals surface area contributed by atoms with Gasteiger partial charge in [-0.25, -0.2) is 0 Å². The van der Waals surface area contributed by atoms with Gasteiger partial charge in [-0.15, -0.1) is 0 Å². The minimum atomic E-state index is -4.25. The fourth-order valence-electron chi connectivity index (χ4n) is 0.947. The average Bonchev–Trinajstić information content (AvgIpc) is 2.15. The van der Waals surface area contributed by atoms with Gasteiger partial charge in [0.15, 0.2) is 0 Å². The van der Waals surface area contributed by atoms with Crippen LogP contribution in [0.25, 0.3) is 0 Å². The Kier molecular flexibility index (Phi) is 8.15. The van der Waals surface area contributed by atoms with E-state index in [-0.39, 0.29) is 5.75 Å². The Morgan fingerprint density at radius 2 is 2.12 bits per heavy atom. The van der Waals surface area contributed by atoms with Crippen molar-refractivity contribution < 1.29 is 23.6 Å². The SMILES string of the molecule is CC(NC(=O)CSCCC[Si](C)=O)P(=O)(O)O. The Bertz CT molecular complexity index is 321. The maximum Gasteiger partial charge on any atom is 0.347 e. The number of carbonyl (C=O) groups is 1. The molecule has 0 rings (SSSR count). The first kappa shape index (κ1) is 17.0. The lowest BCUT2D eigenvalue weighted by atomic mass is 10.6. The van der Waals surface area contributed by atoms with Crippen LogP contribution in [0.15, 0.2) is 0 Å². The molecule has 0 radical (unpaired) electrons. The summed E-state index contributed by atoms with van der Waals surface area (Å²) in [5.74, 6) is -0.658. The van der Waals surface area contributed by atoms with E-state index in [0.29, 0.717) is 6.04 Å². The van der Waals surface area contributed by atoms with Crippen LogP contribution in [0.4, 0.5) is 0 Å². The molecule has 0 heterocycles. The summed E-state index contributed by atoms with van der Waals surface area (Å²) < 4.78 is 21.6. The molecular formula is C8H18NO5PSSi. The van der Waals surface area contributed by atoms with Crippen LogP contribution in [0, 0.1) is 0 Å². The normalized spacial score (nSPS) is 13.2. The highest BCUT2D eigenvalue weighted by Gasteiger charge is 2.25. The van der Waals surface area contributed by atoms with E-state index in [1.54, 1.807) is 6.55 Å². The minimum absolute atomic E-state index is 0.162. The lowest BCUT2D eigenvalue weighted by Crippen LogP contribution is -2.33. The molecule has 0 aliphatic rings. The molecule has 6 nitrogen and oxygen atoms in total. The van der Waals surface area contributed by atoms with E-state index < -0.39 is 28.0 Å². The fraction of sp³-hybridized carbons (Fsp3) is 0.875. The molecule has 1 amide bonds. The third-order valence-corrected chi connectivity index (χ3v) is 5.16. The Hall–Kier alpha value is -0.0131. The van der Waals surface area contributed by atoms with E-state index in [4.69, 9.17) is 9.79 Å². The zero-order chi connectivity index (χ0) is 13.5. The largest absolute Gasteiger partial charge is 0.389 e. The maximum absolute atomic E-state index is 11.3. The molecule has 0 bridgehead atoms. The van der Waals surface area contributed by atoms with Gasteiger partial charge in [0.2, 0.25) is 5.91 Å². The summed E-state index contributed by atoms with van der Waals surface area (Å²) >= 11 is 1.37. The van der Waals surface area contributed by atoms with Crippen molar-refractivity contribution in [3.05, 3.63) is 0 Å². The van der Waals surface area contributed by atoms with Crippen LogP contribution in [0.1, 0.15) is 13.3 Å². The van der Waals surface area contributed by atoms with Crippen LogP contribution in [-0.4, -0.2) is 41.7 Å². The number of hydrogen-bond acceptors (Lipinski definition) is 4. The molecule has 0 spiro atoms. The lowest BCUT2D eigenvalue weighted by molar-refractivity contribution is -0.118. The summed E-state index contributed by atoms with van der Waals surface area (Å²) in [7, 11) is -5.69. The maximum atomic E-state index is 11.3. The van der Waals surface area contributed by atoms with E-state index in [1.165, 1.54) is 18.7 Å². The molecule has 0 aromatic carbocycles. The number of hydrogen-bond donors (Lipinski definition) is 3. The Morgan fingerprint density at radius 3 is 2.59 bits per heavy atom.